The number of hydrogen-bond donors (Lipinski definition) is 2. The van der Waals surface area contributed by atoms with Gasteiger partial charge in [0.25, 0.3) is 5.60 Å². The van der Waals surface area contributed by atoms with Gasteiger partial charge in [0.15, 0.2) is 11.1 Å². The van der Waals surface area contributed by atoms with Gasteiger partial charge in [-0.3, -0.25) is 4.79 Å². The van der Waals surface area contributed by atoms with Crippen molar-refractivity contribution in [3.63, 3.8) is 0 Å². The first kappa shape index (κ1) is 31.1. The molecule has 0 radical (unpaired) electrons. The Morgan fingerprint density at radius 3 is 2.05 bits per heavy atom. The van der Waals surface area contributed by atoms with Crippen LogP contribution in [-0.4, -0.2) is 33.6 Å². The molecule has 0 aromatic heterocycles. The minimum absolute atomic E-state index is 0.0186. The van der Waals surface area contributed by atoms with Gasteiger partial charge in [-0.1, -0.05) is 68.5 Å². The lowest BCUT2D eigenvalue weighted by Gasteiger charge is -2.38. The van der Waals surface area contributed by atoms with Crippen LogP contribution in [0.4, 0.5) is 32.0 Å². The molecule has 12 heteroatoms. The van der Waals surface area contributed by atoms with Crippen molar-refractivity contribution >= 4 is 22.7 Å². The highest BCUT2D eigenvalue weighted by Crippen LogP contribution is 2.53. The van der Waals surface area contributed by atoms with E-state index in [1.807, 2.05) is 0 Å². The molecule has 0 spiro atoms. The summed E-state index contributed by atoms with van der Waals surface area (Å²) in [6, 6.07) is 9.66. The topological polar surface area (TPSA) is 75.6 Å². The van der Waals surface area contributed by atoms with E-state index in [9.17, 15) is 39.9 Å². The highest BCUT2D eigenvalue weighted by atomic mass is 32.2. The summed E-state index contributed by atoms with van der Waals surface area (Å²) >= 11 is -2.06. The number of halogens is 6. The summed E-state index contributed by atoms with van der Waals surface area (Å²) in [6.07, 6.45) is -7.23. The largest absolute Gasteiger partial charge is 0.430 e. The Hall–Kier alpha value is -2.44. The maximum atomic E-state index is 14.1. The van der Waals surface area contributed by atoms with Crippen LogP contribution in [0.3, 0.4) is 0 Å². The van der Waals surface area contributed by atoms with E-state index in [-0.39, 0.29) is 24.4 Å². The Labute approximate surface area is 225 Å². The van der Waals surface area contributed by atoms with Crippen LogP contribution in [0.1, 0.15) is 67.4 Å². The van der Waals surface area contributed by atoms with E-state index in [0.717, 1.165) is 44.2 Å². The summed E-state index contributed by atoms with van der Waals surface area (Å²) in [5.74, 6) is -0.510. The van der Waals surface area contributed by atoms with Gasteiger partial charge in [0.05, 0.1) is 11.7 Å². The third kappa shape index (κ3) is 7.61. The molecule has 5 nitrogen and oxygen atoms in total. The number of alkyl halides is 6. The summed E-state index contributed by atoms with van der Waals surface area (Å²) < 4.78 is 109. The van der Waals surface area contributed by atoms with Crippen molar-refractivity contribution in [3.05, 3.63) is 65.2 Å². The quantitative estimate of drug-likeness (QED) is 0.226. The van der Waals surface area contributed by atoms with Gasteiger partial charge in [-0.25, -0.2) is 4.21 Å². The smallest absolute Gasteiger partial charge is 0.354 e. The molecule has 2 N–H and O–H groups in total. The molecule has 39 heavy (non-hydrogen) atoms. The van der Waals surface area contributed by atoms with E-state index in [1.54, 1.807) is 31.2 Å². The minimum atomic E-state index is -5.77. The lowest BCUT2D eigenvalue weighted by molar-refractivity contribution is -0.390. The van der Waals surface area contributed by atoms with Gasteiger partial charge in [0, 0.05) is 17.9 Å². The number of amides is 1. The van der Waals surface area contributed by atoms with Crippen LogP contribution in [0, 0.1) is 5.92 Å². The number of rotatable bonds is 10. The Balaban J connectivity index is 1.72. The Kier molecular flexibility index (Phi) is 10.2. The standard InChI is InChI=1S/C27H31F6NO4S/c1-18(39(36)37)21-9-7-20(8-10-21)17-24(35)34-23-13-11-22(12-14-23)25(26(28,29)30,27(31,32)33)38-16-15-19-5-3-2-4-6-19/h7-14,18-19H,2-6,15-17H2,1H3,(H,34,35)(H,36,37). The fourth-order valence-corrected chi connectivity index (χ4v) is 5.18. The first-order valence-electron chi connectivity index (χ1n) is 12.6. The van der Waals surface area contributed by atoms with Crippen molar-refractivity contribution in [2.24, 2.45) is 5.92 Å². The zero-order valence-corrected chi connectivity index (χ0v) is 22.1. The van der Waals surface area contributed by atoms with Gasteiger partial charge in [0.2, 0.25) is 5.91 Å². The third-order valence-corrected chi connectivity index (χ3v) is 7.94. The molecule has 3 rings (SSSR count). The molecule has 2 unspecified atom stereocenters. The number of carbonyl (C=O) groups excluding carboxylic acids is 1. The molecule has 216 valence electrons. The average Bonchev–Trinajstić information content (AvgIpc) is 2.86. The number of hydrogen-bond acceptors (Lipinski definition) is 3. The van der Waals surface area contributed by atoms with Crippen molar-refractivity contribution in [2.45, 2.75) is 75.1 Å². The second-order valence-electron chi connectivity index (χ2n) is 9.78. The van der Waals surface area contributed by atoms with Gasteiger partial charge in [0.1, 0.15) is 0 Å². The molecule has 0 saturated heterocycles. The first-order chi connectivity index (χ1) is 18.2. The number of carbonyl (C=O) groups is 1. The molecule has 2 aromatic rings. The van der Waals surface area contributed by atoms with E-state index in [4.69, 9.17) is 4.74 Å². The number of benzene rings is 2. The van der Waals surface area contributed by atoms with Gasteiger partial charge in [-0.15, -0.1) is 0 Å². The second-order valence-corrected chi connectivity index (χ2v) is 11.0. The minimum Gasteiger partial charge on any atom is -0.354 e. The van der Waals surface area contributed by atoms with Gasteiger partial charge in [-0.2, -0.15) is 26.3 Å². The van der Waals surface area contributed by atoms with E-state index in [0.29, 0.717) is 23.3 Å². The molecule has 1 aliphatic rings. The molecule has 1 amide bonds. The zero-order valence-electron chi connectivity index (χ0n) is 21.3. The lowest BCUT2D eigenvalue weighted by Crippen LogP contribution is -2.56. The normalized spacial score (nSPS) is 17.0. The van der Waals surface area contributed by atoms with Crippen molar-refractivity contribution in [3.8, 4) is 0 Å². The van der Waals surface area contributed by atoms with Crippen LogP contribution in [0.15, 0.2) is 48.5 Å². The van der Waals surface area contributed by atoms with Crippen LogP contribution in [0.5, 0.6) is 0 Å². The molecule has 1 aliphatic carbocycles. The van der Waals surface area contributed by atoms with Crippen molar-refractivity contribution in [1.29, 1.82) is 0 Å². The number of anilines is 1. The predicted octanol–water partition coefficient (Wildman–Crippen LogP) is 7.46. The fraction of sp³-hybridized carbons (Fsp3) is 0.519. The molecule has 0 bridgehead atoms. The van der Waals surface area contributed by atoms with Gasteiger partial charge in [-0.05, 0) is 42.5 Å². The highest BCUT2D eigenvalue weighted by molar-refractivity contribution is 7.79. The monoisotopic (exact) mass is 579 g/mol. The summed E-state index contributed by atoms with van der Waals surface area (Å²) in [5.41, 5.74) is -4.44. The van der Waals surface area contributed by atoms with Crippen molar-refractivity contribution < 1.29 is 44.6 Å². The van der Waals surface area contributed by atoms with E-state index < -0.39 is 52.4 Å². The van der Waals surface area contributed by atoms with Gasteiger partial charge < -0.3 is 14.6 Å². The number of ether oxygens (including phenoxy) is 1. The molecular formula is C27H31F6NO4S. The number of nitrogens with one attached hydrogen (secondary N) is 1. The fourth-order valence-electron chi connectivity index (χ4n) is 4.79. The van der Waals surface area contributed by atoms with Crippen LogP contribution in [0.2, 0.25) is 0 Å². The predicted molar refractivity (Wildman–Crippen MR) is 135 cm³/mol. The average molecular weight is 580 g/mol. The van der Waals surface area contributed by atoms with Crippen LogP contribution in [-0.2, 0) is 32.6 Å². The highest BCUT2D eigenvalue weighted by Gasteiger charge is 2.73. The summed E-state index contributed by atoms with van der Waals surface area (Å²) in [5, 5.41) is 1.84. The van der Waals surface area contributed by atoms with Crippen LogP contribution >= 0.6 is 0 Å². The molecule has 1 fully saturated rings. The summed E-state index contributed by atoms with van der Waals surface area (Å²) in [7, 11) is 0. The van der Waals surface area contributed by atoms with Crippen molar-refractivity contribution in [1.82, 2.24) is 0 Å². The maximum Gasteiger partial charge on any atom is 0.430 e. The third-order valence-electron chi connectivity index (χ3n) is 7.06. The molecule has 2 atom stereocenters. The molecular weight excluding hydrogens is 548 g/mol. The Morgan fingerprint density at radius 2 is 1.54 bits per heavy atom. The van der Waals surface area contributed by atoms with E-state index in [2.05, 4.69) is 5.32 Å². The second kappa shape index (κ2) is 12.8. The van der Waals surface area contributed by atoms with Crippen molar-refractivity contribution in [2.75, 3.05) is 11.9 Å². The van der Waals surface area contributed by atoms with E-state index >= 15 is 0 Å². The molecule has 1 saturated carbocycles. The molecule has 2 aromatic carbocycles. The molecule has 0 aliphatic heterocycles. The van der Waals surface area contributed by atoms with Crippen LogP contribution < -0.4 is 5.32 Å². The Morgan fingerprint density at radius 1 is 0.974 bits per heavy atom. The summed E-state index contributed by atoms with van der Waals surface area (Å²) in [4.78, 5) is 12.4. The molecule has 0 heterocycles. The lowest BCUT2D eigenvalue weighted by atomic mass is 9.87. The maximum absolute atomic E-state index is 14.1. The van der Waals surface area contributed by atoms with Gasteiger partial charge >= 0.3 is 12.4 Å². The van der Waals surface area contributed by atoms with E-state index in [1.165, 1.54) is 0 Å². The zero-order chi connectivity index (χ0) is 28.8. The Bertz CT molecular complexity index is 1100. The van der Waals surface area contributed by atoms with Crippen LogP contribution in [0.25, 0.3) is 0 Å². The SMILES string of the molecule is CC(c1ccc(CC(=O)Nc2ccc(C(OCCC3CCCCC3)(C(F)(F)F)C(F)(F)F)cc2)cc1)S(=O)O. The summed E-state index contributed by atoms with van der Waals surface area (Å²) in [6.45, 7) is 0.878. The first-order valence-corrected chi connectivity index (χ1v) is 13.8.